The number of rotatable bonds is 3. The minimum absolute atomic E-state index is 0.883. The molecule has 242 valence electrons. The molecule has 12 rings (SSSR count). The van der Waals surface area contributed by atoms with Crippen molar-refractivity contribution in [1.82, 2.24) is 9.13 Å². The number of fused-ring (bicyclic) bond motifs is 10. The van der Waals surface area contributed by atoms with Crippen LogP contribution in [0, 0.1) is 0 Å². The van der Waals surface area contributed by atoms with E-state index in [2.05, 4.69) is 155 Å². The van der Waals surface area contributed by atoms with Gasteiger partial charge in [0.25, 0.3) is 0 Å². The summed E-state index contributed by atoms with van der Waals surface area (Å²) in [7, 11) is 0. The first kappa shape index (κ1) is 27.7. The molecule has 0 aliphatic carbocycles. The van der Waals surface area contributed by atoms with Crippen molar-refractivity contribution in [3.63, 3.8) is 0 Å². The molecule has 0 fully saturated rings. The molecule has 0 radical (unpaired) electrons. The lowest BCUT2D eigenvalue weighted by atomic mass is 9.97. The fourth-order valence-electron chi connectivity index (χ4n) is 8.50. The van der Waals surface area contributed by atoms with Crippen molar-refractivity contribution in [1.29, 1.82) is 0 Å². The minimum Gasteiger partial charge on any atom is -0.453 e. The Kier molecular flexibility index (Phi) is 5.47. The zero-order chi connectivity index (χ0) is 33.9. The lowest BCUT2D eigenvalue weighted by molar-refractivity contribution is 0.476. The quantitative estimate of drug-likeness (QED) is 0.188. The van der Waals surface area contributed by atoms with E-state index >= 15 is 0 Å². The summed E-state index contributed by atoms with van der Waals surface area (Å²) in [6, 6.07) is 60.7. The summed E-state index contributed by atoms with van der Waals surface area (Å²) in [6.07, 6.45) is 0. The van der Waals surface area contributed by atoms with E-state index in [4.69, 9.17) is 9.47 Å². The number of aromatic nitrogens is 2. The van der Waals surface area contributed by atoms with Crippen LogP contribution >= 0.6 is 0 Å². The number of para-hydroxylation sites is 6. The molecular weight excluding hydrogens is 637 g/mol. The van der Waals surface area contributed by atoms with E-state index in [1.165, 1.54) is 66.0 Å². The van der Waals surface area contributed by atoms with Gasteiger partial charge in [0.1, 0.15) is 0 Å². The second-order valence-corrected chi connectivity index (χ2v) is 13.7. The molecule has 0 unspecified atom stereocenters. The number of ether oxygens (including phenoxy) is 2. The van der Waals surface area contributed by atoms with Crippen LogP contribution in [-0.4, -0.2) is 9.13 Å². The Morgan fingerprint density at radius 2 is 0.654 bits per heavy atom. The molecule has 2 aromatic heterocycles. The first-order chi connectivity index (χ1) is 25.8. The van der Waals surface area contributed by atoms with Crippen LogP contribution in [0.25, 0.3) is 88.4 Å². The molecule has 0 saturated carbocycles. The SMILES string of the molecule is c1ccc2c(c1)Oc1cccc3c4cc(-c5ccc(-c6ccc(-c7ccc8c(c7)c7cccc9c7n8-c7ccccc7O9)cc6)cc5)ccc4n-2c13. The third-order valence-electron chi connectivity index (χ3n) is 10.9. The van der Waals surface area contributed by atoms with Crippen LogP contribution in [0.1, 0.15) is 0 Å². The highest BCUT2D eigenvalue weighted by atomic mass is 16.5. The van der Waals surface area contributed by atoms with Gasteiger partial charge in [0.15, 0.2) is 23.0 Å². The van der Waals surface area contributed by atoms with Crippen molar-refractivity contribution < 1.29 is 9.47 Å². The molecule has 4 heterocycles. The van der Waals surface area contributed by atoms with E-state index < -0.39 is 0 Å². The van der Waals surface area contributed by atoms with Crippen molar-refractivity contribution in [3.8, 4) is 67.8 Å². The fraction of sp³-hybridized carbons (Fsp3) is 0. The van der Waals surface area contributed by atoms with Crippen LogP contribution in [0.15, 0.2) is 170 Å². The molecule has 0 spiro atoms. The van der Waals surface area contributed by atoms with E-state index in [0.29, 0.717) is 0 Å². The third-order valence-corrected chi connectivity index (χ3v) is 10.9. The maximum Gasteiger partial charge on any atom is 0.152 e. The van der Waals surface area contributed by atoms with Crippen molar-refractivity contribution >= 4 is 43.6 Å². The summed E-state index contributed by atoms with van der Waals surface area (Å²) in [5, 5.41) is 4.85. The molecule has 0 bridgehead atoms. The zero-order valence-corrected chi connectivity index (χ0v) is 27.9. The van der Waals surface area contributed by atoms with Gasteiger partial charge in [-0.3, -0.25) is 0 Å². The summed E-state index contributed by atoms with van der Waals surface area (Å²) in [5.41, 5.74) is 13.9. The van der Waals surface area contributed by atoms with Gasteiger partial charge in [-0.15, -0.1) is 0 Å². The van der Waals surface area contributed by atoms with Crippen molar-refractivity contribution in [2.45, 2.75) is 0 Å². The zero-order valence-electron chi connectivity index (χ0n) is 27.9. The van der Waals surface area contributed by atoms with E-state index in [0.717, 1.165) is 45.4 Å². The van der Waals surface area contributed by atoms with Crippen molar-refractivity contribution in [3.05, 3.63) is 170 Å². The topological polar surface area (TPSA) is 28.3 Å². The van der Waals surface area contributed by atoms with Gasteiger partial charge in [-0.1, -0.05) is 109 Å². The van der Waals surface area contributed by atoms with Crippen LogP contribution in [-0.2, 0) is 0 Å². The van der Waals surface area contributed by atoms with Crippen LogP contribution in [0.5, 0.6) is 23.0 Å². The second-order valence-electron chi connectivity index (χ2n) is 13.7. The Morgan fingerprint density at radius 3 is 1.10 bits per heavy atom. The molecule has 2 aliphatic rings. The Hall–Kier alpha value is -7.04. The predicted octanol–water partition coefficient (Wildman–Crippen LogP) is 13.1. The van der Waals surface area contributed by atoms with Gasteiger partial charge in [-0.25, -0.2) is 0 Å². The Bertz CT molecular complexity index is 2900. The molecule has 4 heteroatoms. The molecule has 52 heavy (non-hydrogen) atoms. The summed E-state index contributed by atoms with van der Waals surface area (Å²) in [6.45, 7) is 0. The molecule has 0 N–H and O–H groups in total. The average Bonchev–Trinajstić information content (AvgIpc) is 3.73. The van der Waals surface area contributed by atoms with Crippen molar-refractivity contribution in [2.24, 2.45) is 0 Å². The van der Waals surface area contributed by atoms with E-state index in [1.807, 2.05) is 24.3 Å². The predicted molar refractivity (Wildman–Crippen MR) is 212 cm³/mol. The van der Waals surface area contributed by atoms with E-state index in [-0.39, 0.29) is 0 Å². The molecular formula is C48H28N2O2. The minimum atomic E-state index is 0.883. The number of hydrogen-bond donors (Lipinski definition) is 0. The lowest BCUT2D eigenvalue weighted by Gasteiger charge is -2.20. The summed E-state index contributed by atoms with van der Waals surface area (Å²) >= 11 is 0. The van der Waals surface area contributed by atoms with Gasteiger partial charge < -0.3 is 18.6 Å². The summed E-state index contributed by atoms with van der Waals surface area (Å²) < 4.78 is 17.3. The Labute approximate surface area is 298 Å². The maximum absolute atomic E-state index is 6.31. The van der Waals surface area contributed by atoms with Crippen LogP contribution in [0.2, 0.25) is 0 Å². The van der Waals surface area contributed by atoms with E-state index in [1.54, 1.807) is 0 Å². The van der Waals surface area contributed by atoms with Gasteiger partial charge in [0.05, 0.1) is 33.4 Å². The monoisotopic (exact) mass is 664 g/mol. The fourth-order valence-corrected chi connectivity index (χ4v) is 8.50. The van der Waals surface area contributed by atoms with Gasteiger partial charge in [0, 0.05) is 21.5 Å². The molecule has 4 nitrogen and oxygen atoms in total. The number of benzene rings is 8. The van der Waals surface area contributed by atoms with Crippen molar-refractivity contribution in [2.75, 3.05) is 0 Å². The number of hydrogen-bond acceptors (Lipinski definition) is 2. The highest BCUT2D eigenvalue weighted by Gasteiger charge is 2.25. The van der Waals surface area contributed by atoms with Gasteiger partial charge in [-0.05, 0) is 94.0 Å². The Balaban J connectivity index is 0.878. The first-order valence-electron chi connectivity index (χ1n) is 17.7. The smallest absolute Gasteiger partial charge is 0.152 e. The van der Waals surface area contributed by atoms with Crippen LogP contribution in [0.4, 0.5) is 0 Å². The van der Waals surface area contributed by atoms with E-state index in [9.17, 15) is 0 Å². The largest absolute Gasteiger partial charge is 0.453 e. The molecule has 8 aromatic carbocycles. The third kappa shape index (κ3) is 3.81. The first-order valence-corrected chi connectivity index (χ1v) is 17.7. The summed E-state index contributed by atoms with van der Waals surface area (Å²) in [4.78, 5) is 0. The molecule has 0 atom stereocenters. The molecule has 0 amide bonds. The highest BCUT2D eigenvalue weighted by Crippen LogP contribution is 2.47. The lowest BCUT2D eigenvalue weighted by Crippen LogP contribution is -2.03. The van der Waals surface area contributed by atoms with Gasteiger partial charge in [0.2, 0.25) is 0 Å². The summed E-state index contributed by atoms with van der Waals surface area (Å²) in [5.74, 6) is 3.56. The maximum atomic E-state index is 6.31. The van der Waals surface area contributed by atoms with Crippen LogP contribution in [0.3, 0.4) is 0 Å². The molecule has 0 saturated heterocycles. The molecule has 2 aliphatic heterocycles. The normalized spacial score (nSPS) is 12.5. The standard InChI is InChI=1S/C48H28N2O2/c1-3-11-43-41(9-1)49-39-25-23-33(27-37(39)35-7-5-13-45(51-43)47(35)49)31-19-15-29(16-20-31)30-17-21-32(22-18-30)34-24-26-40-38(28-34)36-8-6-14-46-48(36)50(40)42-10-2-4-12-44(42)52-46/h1-28H. The van der Waals surface area contributed by atoms with Gasteiger partial charge >= 0.3 is 0 Å². The van der Waals surface area contributed by atoms with Crippen LogP contribution < -0.4 is 9.47 Å². The Morgan fingerprint density at radius 1 is 0.288 bits per heavy atom. The average molecular weight is 665 g/mol. The number of nitrogens with zero attached hydrogens (tertiary/aromatic N) is 2. The second kappa shape index (κ2) is 10.3. The molecule has 10 aromatic rings. The van der Waals surface area contributed by atoms with Gasteiger partial charge in [-0.2, -0.15) is 0 Å². The highest BCUT2D eigenvalue weighted by molar-refractivity contribution is 6.14.